The summed E-state index contributed by atoms with van der Waals surface area (Å²) in [6, 6.07) is 15.8. The highest BCUT2D eigenvalue weighted by Crippen LogP contribution is 2.36. The third kappa shape index (κ3) is 5.52. The Bertz CT molecular complexity index is 1210. The van der Waals surface area contributed by atoms with Crippen molar-refractivity contribution in [2.75, 3.05) is 13.1 Å². The van der Waals surface area contributed by atoms with Crippen LogP contribution in [0.4, 0.5) is 4.39 Å². The molecular formula is C29H37FN2O3S. The zero-order valence-electron chi connectivity index (χ0n) is 21.5. The molecule has 0 N–H and O–H groups in total. The molecule has 2 fully saturated rings. The Labute approximate surface area is 214 Å². The van der Waals surface area contributed by atoms with Gasteiger partial charge in [0.05, 0.1) is 0 Å². The van der Waals surface area contributed by atoms with Crippen LogP contribution in [0.2, 0.25) is 0 Å². The van der Waals surface area contributed by atoms with Crippen molar-refractivity contribution in [3.05, 3.63) is 71.0 Å². The zero-order chi connectivity index (χ0) is 25.5. The number of nitrogens with zero attached hydrogens (tertiary/aromatic N) is 2. The minimum atomic E-state index is -3.79. The SMILES string of the molecule is C[C@H](CC1=NS(=O)(=O)C(Cc2ccc(C3CCN(C4CC4)CC3)cc2)C(C)(C)O1)c1ccccc1F. The summed E-state index contributed by atoms with van der Waals surface area (Å²) in [5, 5.41) is -0.787. The van der Waals surface area contributed by atoms with E-state index in [0.717, 1.165) is 11.6 Å². The number of benzene rings is 2. The molecule has 1 unspecified atom stereocenters. The first kappa shape index (κ1) is 25.4. The molecule has 1 aliphatic carbocycles. The zero-order valence-corrected chi connectivity index (χ0v) is 22.3. The average Bonchev–Trinajstić information content (AvgIpc) is 3.67. The van der Waals surface area contributed by atoms with Crippen LogP contribution in [-0.2, 0) is 21.2 Å². The second kappa shape index (κ2) is 9.90. The highest BCUT2D eigenvalue weighted by molar-refractivity contribution is 7.91. The van der Waals surface area contributed by atoms with Crippen LogP contribution in [0.5, 0.6) is 0 Å². The summed E-state index contributed by atoms with van der Waals surface area (Å²) in [5.74, 6) is 0.172. The van der Waals surface area contributed by atoms with Gasteiger partial charge in [-0.15, -0.1) is 4.40 Å². The molecule has 36 heavy (non-hydrogen) atoms. The van der Waals surface area contributed by atoms with Gasteiger partial charge in [0, 0.05) is 12.5 Å². The summed E-state index contributed by atoms with van der Waals surface area (Å²) in [7, 11) is -3.79. The summed E-state index contributed by atoms with van der Waals surface area (Å²) in [5.41, 5.74) is 1.90. The van der Waals surface area contributed by atoms with Gasteiger partial charge in [-0.25, -0.2) is 12.8 Å². The molecule has 0 aromatic heterocycles. The first-order valence-electron chi connectivity index (χ1n) is 13.2. The van der Waals surface area contributed by atoms with Crippen LogP contribution >= 0.6 is 0 Å². The molecule has 2 aromatic carbocycles. The number of hydrogen-bond acceptors (Lipinski definition) is 4. The molecule has 194 valence electrons. The maximum absolute atomic E-state index is 14.2. The molecule has 3 aliphatic rings. The number of rotatable bonds is 7. The Morgan fingerprint density at radius 3 is 2.33 bits per heavy atom. The van der Waals surface area contributed by atoms with Crippen molar-refractivity contribution in [3.8, 4) is 0 Å². The summed E-state index contributed by atoms with van der Waals surface area (Å²) >= 11 is 0. The normalized spacial score (nSPS) is 25.1. The third-order valence-corrected chi connectivity index (χ3v) is 10.0. The summed E-state index contributed by atoms with van der Waals surface area (Å²) in [6.45, 7) is 7.82. The topological polar surface area (TPSA) is 59.0 Å². The van der Waals surface area contributed by atoms with E-state index in [9.17, 15) is 12.8 Å². The Morgan fingerprint density at radius 1 is 1.06 bits per heavy atom. The number of sulfonamides is 1. The molecule has 0 radical (unpaired) electrons. The molecular weight excluding hydrogens is 475 g/mol. The lowest BCUT2D eigenvalue weighted by atomic mass is 9.88. The van der Waals surface area contributed by atoms with E-state index >= 15 is 0 Å². The Hall–Kier alpha value is -2.25. The van der Waals surface area contributed by atoms with E-state index in [2.05, 4.69) is 33.6 Å². The number of hydrogen-bond donors (Lipinski definition) is 0. The molecule has 5 nitrogen and oxygen atoms in total. The van der Waals surface area contributed by atoms with E-state index in [1.165, 1.54) is 50.4 Å². The van der Waals surface area contributed by atoms with Gasteiger partial charge in [-0.3, -0.25) is 0 Å². The Morgan fingerprint density at radius 2 is 1.72 bits per heavy atom. The first-order chi connectivity index (χ1) is 17.1. The van der Waals surface area contributed by atoms with Crippen molar-refractivity contribution in [3.63, 3.8) is 0 Å². The van der Waals surface area contributed by atoms with E-state index in [-0.39, 0.29) is 24.1 Å². The van der Waals surface area contributed by atoms with E-state index in [1.807, 2.05) is 6.92 Å². The van der Waals surface area contributed by atoms with E-state index in [4.69, 9.17) is 4.74 Å². The molecule has 1 saturated heterocycles. The number of ether oxygens (including phenoxy) is 1. The van der Waals surface area contributed by atoms with Gasteiger partial charge in [0.15, 0.2) is 0 Å². The molecule has 7 heteroatoms. The van der Waals surface area contributed by atoms with Gasteiger partial charge in [-0.2, -0.15) is 0 Å². The lowest BCUT2D eigenvalue weighted by Gasteiger charge is -2.37. The summed E-state index contributed by atoms with van der Waals surface area (Å²) in [6.07, 6.45) is 5.67. The van der Waals surface area contributed by atoms with Gasteiger partial charge in [0.25, 0.3) is 10.0 Å². The van der Waals surface area contributed by atoms with Gasteiger partial charge in [0.1, 0.15) is 16.7 Å². The maximum Gasteiger partial charge on any atom is 0.263 e. The minimum absolute atomic E-state index is 0.153. The van der Waals surface area contributed by atoms with Crippen molar-refractivity contribution in [1.29, 1.82) is 0 Å². The molecule has 2 heterocycles. The fourth-order valence-corrected chi connectivity index (χ4v) is 7.50. The van der Waals surface area contributed by atoms with Crippen LogP contribution in [0.3, 0.4) is 0 Å². The Kier molecular flexibility index (Phi) is 6.98. The number of halogens is 1. The molecule has 2 aliphatic heterocycles. The maximum atomic E-state index is 14.2. The average molecular weight is 513 g/mol. The van der Waals surface area contributed by atoms with Crippen LogP contribution in [0.1, 0.15) is 81.4 Å². The van der Waals surface area contributed by atoms with E-state index < -0.39 is 20.9 Å². The van der Waals surface area contributed by atoms with Crippen LogP contribution < -0.4 is 0 Å². The van der Waals surface area contributed by atoms with Gasteiger partial charge in [0.2, 0.25) is 5.90 Å². The Balaban J connectivity index is 1.25. The standard InChI is InChI=1S/C29H37FN2O3S/c1-20(25-6-4-5-7-26(25)30)18-28-31-36(33,34)27(29(2,3)35-28)19-21-8-10-22(11-9-21)23-14-16-32(17-15-23)24-12-13-24/h4-11,20,23-24,27H,12-19H2,1-3H3/t20-,27?/m1/s1. The molecule has 2 atom stereocenters. The second-order valence-electron chi connectivity index (χ2n) is 11.3. The van der Waals surface area contributed by atoms with Crippen LogP contribution in [0, 0.1) is 5.82 Å². The minimum Gasteiger partial charge on any atom is -0.473 e. The van der Waals surface area contributed by atoms with Gasteiger partial charge in [-0.05, 0) is 93.6 Å². The van der Waals surface area contributed by atoms with Crippen molar-refractivity contribution < 1.29 is 17.5 Å². The molecule has 5 rings (SSSR count). The fourth-order valence-electron chi connectivity index (χ4n) is 5.81. The van der Waals surface area contributed by atoms with Gasteiger partial charge in [-0.1, -0.05) is 49.4 Å². The highest BCUT2D eigenvalue weighted by Gasteiger charge is 2.46. The third-order valence-electron chi connectivity index (χ3n) is 8.13. The lowest BCUT2D eigenvalue weighted by molar-refractivity contribution is 0.0803. The predicted octanol–water partition coefficient (Wildman–Crippen LogP) is 5.81. The van der Waals surface area contributed by atoms with Crippen LogP contribution in [-0.4, -0.2) is 49.2 Å². The molecule has 0 amide bonds. The van der Waals surface area contributed by atoms with Gasteiger partial charge >= 0.3 is 0 Å². The highest BCUT2D eigenvalue weighted by atomic mass is 32.2. The smallest absolute Gasteiger partial charge is 0.263 e. The lowest BCUT2D eigenvalue weighted by Crippen LogP contribution is -2.50. The molecule has 1 saturated carbocycles. The molecule has 2 aromatic rings. The van der Waals surface area contributed by atoms with Crippen molar-refractivity contribution >= 4 is 15.9 Å². The second-order valence-corrected chi connectivity index (χ2v) is 13.1. The van der Waals surface area contributed by atoms with Gasteiger partial charge < -0.3 is 9.64 Å². The van der Waals surface area contributed by atoms with Crippen molar-refractivity contribution in [2.45, 2.75) is 88.0 Å². The van der Waals surface area contributed by atoms with E-state index in [1.54, 1.807) is 32.0 Å². The van der Waals surface area contributed by atoms with Crippen LogP contribution in [0.15, 0.2) is 52.9 Å². The molecule has 0 spiro atoms. The monoisotopic (exact) mass is 512 g/mol. The summed E-state index contributed by atoms with van der Waals surface area (Å²) in [4.78, 5) is 2.63. The largest absolute Gasteiger partial charge is 0.473 e. The summed E-state index contributed by atoms with van der Waals surface area (Å²) < 4.78 is 50.9. The molecule has 0 bridgehead atoms. The van der Waals surface area contributed by atoms with E-state index in [0.29, 0.717) is 17.9 Å². The van der Waals surface area contributed by atoms with Crippen molar-refractivity contribution in [1.82, 2.24) is 4.90 Å². The fraction of sp³-hybridized carbons (Fsp3) is 0.552. The van der Waals surface area contributed by atoms with Crippen LogP contribution in [0.25, 0.3) is 0 Å². The number of likely N-dealkylation sites (tertiary alicyclic amines) is 1. The van der Waals surface area contributed by atoms with Crippen molar-refractivity contribution in [2.24, 2.45) is 4.40 Å². The predicted molar refractivity (Wildman–Crippen MR) is 141 cm³/mol. The number of piperidine rings is 1. The first-order valence-corrected chi connectivity index (χ1v) is 14.7. The quantitative estimate of drug-likeness (QED) is 0.470.